The third kappa shape index (κ3) is 5.10. The Morgan fingerprint density at radius 1 is 1.00 bits per heavy atom. The van der Waals surface area contributed by atoms with Gasteiger partial charge in [-0.25, -0.2) is 0 Å². The van der Waals surface area contributed by atoms with E-state index in [1.807, 2.05) is 0 Å². The first-order valence-corrected chi connectivity index (χ1v) is 8.50. The van der Waals surface area contributed by atoms with Gasteiger partial charge in [-0.3, -0.25) is 14.4 Å². The molecule has 0 spiro atoms. The number of halogens is 3. The van der Waals surface area contributed by atoms with Crippen LogP contribution in [0.2, 0.25) is 0 Å². The molecule has 5 nitrogen and oxygen atoms in total. The molecule has 142 valence electrons. The molecule has 3 N–H and O–H groups in total. The summed E-state index contributed by atoms with van der Waals surface area (Å²) in [6.07, 6.45) is -4.68. The van der Waals surface area contributed by atoms with Crippen LogP contribution in [-0.2, 0) is 11.0 Å². The van der Waals surface area contributed by atoms with Crippen molar-refractivity contribution in [3.05, 3.63) is 65.2 Å². The number of amides is 2. The lowest BCUT2D eigenvalue weighted by Crippen LogP contribution is -2.42. The summed E-state index contributed by atoms with van der Waals surface area (Å²) in [6, 6.07) is 9.37. The van der Waals surface area contributed by atoms with E-state index < -0.39 is 40.3 Å². The van der Waals surface area contributed by atoms with Gasteiger partial charge in [0, 0.05) is 10.5 Å². The minimum absolute atomic E-state index is 0.0495. The predicted molar refractivity (Wildman–Crippen MR) is 94.2 cm³/mol. The molecule has 1 atom stereocenters. The minimum Gasteiger partial charge on any atom is -0.368 e. The number of nitrogens with two attached hydrogens (primary N) is 1. The van der Waals surface area contributed by atoms with Crippen LogP contribution in [0, 0.1) is 0 Å². The molecule has 2 aromatic carbocycles. The second-order valence-corrected chi connectivity index (χ2v) is 6.54. The Hall–Kier alpha value is -2.81. The van der Waals surface area contributed by atoms with E-state index in [0.29, 0.717) is 11.8 Å². The quantitative estimate of drug-likeness (QED) is 0.760. The van der Waals surface area contributed by atoms with Gasteiger partial charge in [-0.15, -0.1) is 0 Å². The van der Waals surface area contributed by atoms with Crippen molar-refractivity contribution in [2.24, 2.45) is 5.73 Å². The second-order valence-electron chi connectivity index (χ2n) is 5.53. The van der Waals surface area contributed by atoms with Crippen LogP contribution in [0.3, 0.4) is 0 Å². The summed E-state index contributed by atoms with van der Waals surface area (Å²) in [4.78, 5) is 36.0. The number of benzene rings is 2. The minimum atomic E-state index is -4.68. The average Bonchev–Trinajstić information content (AvgIpc) is 2.61. The molecule has 0 saturated heterocycles. The van der Waals surface area contributed by atoms with Crippen LogP contribution >= 0.6 is 11.8 Å². The van der Waals surface area contributed by atoms with Crippen LogP contribution in [0.5, 0.6) is 0 Å². The Bertz CT molecular complexity index is 884. The first-order chi connectivity index (χ1) is 12.6. The maximum atomic E-state index is 13.1. The summed E-state index contributed by atoms with van der Waals surface area (Å²) in [7, 11) is 0. The number of carbonyl (C=O) groups excluding carboxylic acids is 3. The highest BCUT2D eigenvalue weighted by Crippen LogP contribution is 2.35. The van der Waals surface area contributed by atoms with Gasteiger partial charge < -0.3 is 11.1 Å². The summed E-state index contributed by atoms with van der Waals surface area (Å²) < 4.78 is 39.3. The molecule has 27 heavy (non-hydrogen) atoms. The van der Waals surface area contributed by atoms with Gasteiger partial charge in [0.2, 0.25) is 11.0 Å². The molecule has 0 aliphatic carbocycles. The lowest BCUT2D eigenvalue weighted by molar-refractivity contribution is -0.137. The van der Waals surface area contributed by atoms with Crippen molar-refractivity contribution in [2.75, 3.05) is 0 Å². The average molecular weight is 396 g/mol. The highest BCUT2D eigenvalue weighted by atomic mass is 32.2. The van der Waals surface area contributed by atoms with Crippen LogP contribution in [0.15, 0.2) is 53.4 Å². The monoisotopic (exact) mass is 396 g/mol. The molecule has 0 unspecified atom stereocenters. The highest BCUT2D eigenvalue weighted by molar-refractivity contribution is 8.14. The van der Waals surface area contributed by atoms with Crippen LogP contribution in [0.25, 0.3) is 0 Å². The Labute approximate surface area is 157 Å². The highest BCUT2D eigenvalue weighted by Gasteiger charge is 2.35. The predicted octanol–water partition coefficient (Wildman–Crippen LogP) is 3.24. The molecule has 0 aromatic heterocycles. The number of carbonyl (C=O) groups is 3. The van der Waals surface area contributed by atoms with E-state index in [9.17, 15) is 27.6 Å². The normalized spacial score (nSPS) is 12.3. The number of rotatable bonds is 5. The van der Waals surface area contributed by atoms with Crippen LogP contribution < -0.4 is 11.1 Å². The number of hydrogen-bond acceptors (Lipinski definition) is 4. The van der Waals surface area contributed by atoms with Crippen LogP contribution in [-0.4, -0.2) is 23.0 Å². The first-order valence-electron chi connectivity index (χ1n) is 7.69. The third-order valence-electron chi connectivity index (χ3n) is 3.56. The number of nitrogens with one attached hydrogen (secondary N) is 1. The Balaban J connectivity index is 2.31. The van der Waals surface area contributed by atoms with Crippen molar-refractivity contribution >= 4 is 28.7 Å². The van der Waals surface area contributed by atoms with Crippen molar-refractivity contribution in [1.29, 1.82) is 0 Å². The SMILES string of the molecule is C[C@@H](NC(=O)c1ccccc1SC(=O)c1ccccc1C(F)(F)F)C(N)=O. The fourth-order valence-corrected chi connectivity index (χ4v) is 3.06. The van der Waals surface area contributed by atoms with Gasteiger partial charge in [-0.05, 0) is 43.0 Å². The topological polar surface area (TPSA) is 89.3 Å². The third-order valence-corrected chi connectivity index (χ3v) is 4.54. The van der Waals surface area contributed by atoms with E-state index in [4.69, 9.17) is 5.73 Å². The largest absolute Gasteiger partial charge is 0.417 e. The smallest absolute Gasteiger partial charge is 0.368 e. The number of thioether (sulfide) groups is 1. The number of primary amides is 1. The molecule has 9 heteroatoms. The fourth-order valence-electron chi connectivity index (χ4n) is 2.15. The molecular formula is C18H15F3N2O3S. The van der Waals surface area contributed by atoms with Gasteiger partial charge in [0.05, 0.1) is 11.1 Å². The van der Waals surface area contributed by atoms with Crippen molar-refractivity contribution in [3.8, 4) is 0 Å². The number of alkyl halides is 3. The summed E-state index contributed by atoms with van der Waals surface area (Å²) in [5.74, 6) is -1.41. The van der Waals surface area contributed by atoms with E-state index in [1.165, 1.54) is 37.3 Å². The zero-order chi connectivity index (χ0) is 20.2. The van der Waals surface area contributed by atoms with Crippen molar-refractivity contribution < 1.29 is 27.6 Å². The van der Waals surface area contributed by atoms with Gasteiger partial charge in [0.15, 0.2) is 0 Å². The summed E-state index contributed by atoms with van der Waals surface area (Å²) in [5.41, 5.74) is 3.59. The lowest BCUT2D eigenvalue weighted by Gasteiger charge is -2.14. The van der Waals surface area contributed by atoms with Crippen molar-refractivity contribution in [2.45, 2.75) is 24.0 Å². The van der Waals surface area contributed by atoms with Gasteiger partial charge >= 0.3 is 6.18 Å². The Kier molecular flexibility index (Phi) is 6.27. The Morgan fingerprint density at radius 2 is 1.56 bits per heavy atom. The van der Waals surface area contributed by atoms with E-state index in [0.717, 1.165) is 12.1 Å². The van der Waals surface area contributed by atoms with Crippen LogP contribution in [0.4, 0.5) is 13.2 Å². The second kappa shape index (κ2) is 8.26. The maximum absolute atomic E-state index is 13.1. The molecular weight excluding hydrogens is 381 g/mol. The number of hydrogen-bond donors (Lipinski definition) is 2. The zero-order valence-corrected chi connectivity index (χ0v) is 14.9. The molecule has 0 aliphatic heterocycles. The first kappa shape index (κ1) is 20.5. The summed E-state index contributed by atoms with van der Waals surface area (Å²) in [5, 5.41) is 1.51. The Morgan fingerprint density at radius 3 is 2.15 bits per heavy atom. The van der Waals surface area contributed by atoms with Gasteiger partial charge in [0.25, 0.3) is 5.91 Å². The molecule has 0 radical (unpaired) electrons. The standard InChI is InChI=1S/C18H15F3N2O3S/c1-10(15(22)24)23-16(25)12-7-3-5-9-14(12)27-17(26)11-6-2-4-8-13(11)18(19,20)21/h2-10H,1H3,(H2,22,24)(H,23,25)/t10-/m1/s1. The fraction of sp³-hybridized carbons (Fsp3) is 0.167. The van der Waals surface area contributed by atoms with Gasteiger partial charge in [0.1, 0.15) is 6.04 Å². The van der Waals surface area contributed by atoms with E-state index in [-0.39, 0.29) is 10.5 Å². The van der Waals surface area contributed by atoms with Gasteiger partial charge in [-0.2, -0.15) is 13.2 Å². The molecule has 0 bridgehead atoms. The van der Waals surface area contributed by atoms with E-state index in [2.05, 4.69) is 5.32 Å². The molecule has 0 heterocycles. The van der Waals surface area contributed by atoms with Gasteiger partial charge in [-0.1, -0.05) is 24.3 Å². The molecule has 2 amide bonds. The molecule has 2 aromatic rings. The molecule has 0 aliphatic rings. The molecule has 0 fully saturated rings. The van der Waals surface area contributed by atoms with Crippen molar-refractivity contribution in [1.82, 2.24) is 5.32 Å². The molecule has 2 rings (SSSR count). The molecule has 0 saturated carbocycles. The lowest BCUT2D eigenvalue weighted by atomic mass is 10.1. The summed E-state index contributed by atoms with van der Waals surface area (Å²) in [6.45, 7) is 1.39. The summed E-state index contributed by atoms with van der Waals surface area (Å²) >= 11 is 0.501. The zero-order valence-electron chi connectivity index (χ0n) is 14.0. The van der Waals surface area contributed by atoms with Crippen LogP contribution in [0.1, 0.15) is 33.2 Å². The van der Waals surface area contributed by atoms with Crippen molar-refractivity contribution in [3.63, 3.8) is 0 Å². The van der Waals surface area contributed by atoms with E-state index in [1.54, 1.807) is 6.07 Å². The van der Waals surface area contributed by atoms with E-state index >= 15 is 0 Å². The maximum Gasteiger partial charge on any atom is 0.417 e.